The number of rotatable bonds is 22. The van der Waals surface area contributed by atoms with Gasteiger partial charge < -0.3 is 5.11 Å². The molecule has 0 saturated heterocycles. The van der Waals surface area contributed by atoms with Crippen LogP contribution in [0.5, 0.6) is 0 Å². The molecule has 0 aromatic rings. The van der Waals surface area contributed by atoms with Gasteiger partial charge in [0.05, 0.1) is 6.10 Å². The van der Waals surface area contributed by atoms with E-state index >= 15 is 0 Å². The van der Waals surface area contributed by atoms with Crippen molar-refractivity contribution >= 4 is 0 Å². The van der Waals surface area contributed by atoms with E-state index in [0.717, 1.165) is 12.3 Å². The Kier molecular flexibility index (Phi) is 22.2. The van der Waals surface area contributed by atoms with Crippen molar-refractivity contribution in [1.82, 2.24) is 0 Å². The summed E-state index contributed by atoms with van der Waals surface area (Å²) in [6.45, 7) is 6.54. The summed E-state index contributed by atoms with van der Waals surface area (Å²) < 4.78 is 0. The molecule has 1 N–H and O–H groups in total. The van der Waals surface area contributed by atoms with Crippen molar-refractivity contribution in [2.75, 3.05) is 0 Å². The highest BCUT2D eigenvalue weighted by molar-refractivity contribution is 4.63. The zero-order valence-corrected chi connectivity index (χ0v) is 19.5. The first kappa shape index (κ1) is 27.0. The van der Waals surface area contributed by atoms with Crippen LogP contribution in [0.25, 0.3) is 0 Å². The molecule has 0 aliphatic heterocycles. The molecule has 27 heavy (non-hydrogen) atoms. The standard InChI is InChI=1S/C26H54O/c1-4-6-8-10-12-13-14-16-18-20-22-26(24-23-25(3)27)21-19-17-15-11-9-7-5-2/h25-27H,4-24H2,1-3H3. The summed E-state index contributed by atoms with van der Waals surface area (Å²) in [6, 6.07) is 0. The Morgan fingerprint density at radius 1 is 0.444 bits per heavy atom. The van der Waals surface area contributed by atoms with Gasteiger partial charge in [-0.2, -0.15) is 0 Å². The second-order valence-corrected chi connectivity index (χ2v) is 9.17. The average Bonchev–Trinajstić information content (AvgIpc) is 2.66. The lowest BCUT2D eigenvalue weighted by atomic mass is 9.89. The van der Waals surface area contributed by atoms with Crippen LogP contribution in [0.15, 0.2) is 0 Å². The van der Waals surface area contributed by atoms with E-state index in [9.17, 15) is 5.11 Å². The molecule has 0 aliphatic rings. The molecule has 0 rings (SSSR count). The lowest BCUT2D eigenvalue weighted by Crippen LogP contribution is -2.07. The number of hydrogen-bond acceptors (Lipinski definition) is 1. The van der Waals surface area contributed by atoms with E-state index in [-0.39, 0.29) is 6.10 Å². The van der Waals surface area contributed by atoms with Crippen LogP contribution in [0, 0.1) is 5.92 Å². The van der Waals surface area contributed by atoms with Crippen LogP contribution in [0.1, 0.15) is 156 Å². The fourth-order valence-corrected chi connectivity index (χ4v) is 4.22. The highest BCUT2D eigenvalue weighted by Crippen LogP contribution is 2.24. The van der Waals surface area contributed by atoms with Crippen molar-refractivity contribution in [3.05, 3.63) is 0 Å². The van der Waals surface area contributed by atoms with Gasteiger partial charge in [0.1, 0.15) is 0 Å². The van der Waals surface area contributed by atoms with Crippen molar-refractivity contribution in [2.24, 2.45) is 5.92 Å². The van der Waals surface area contributed by atoms with E-state index in [0.29, 0.717) is 0 Å². The molecule has 0 radical (unpaired) electrons. The monoisotopic (exact) mass is 382 g/mol. The molecular weight excluding hydrogens is 328 g/mol. The Morgan fingerprint density at radius 3 is 1.11 bits per heavy atom. The summed E-state index contributed by atoms with van der Waals surface area (Å²) in [4.78, 5) is 0. The predicted octanol–water partition coefficient (Wildman–Crippen LogP) is 9.22. The third kappa shape index (κ3) is 22.1. The van der Waals surface area contributed by atoms with Gasteiger partial charge in [0.15, 0.2) is 0 Å². The smallest absolute Gasteiger partial charge is 0.0512 e. The molecule has 0 heterocycles. The van der Waals surface area contributed by atoms with Crippen LogP contribution in [-0.4, -0.2) is 11.2 Å². The molecular formula is C26H54O. The topological polar surface area (TPSA) is 20.2 Å². The second kappa shape index (κ2) is 22.3. The zero-order chi connectivity index (χ0) is 20.0. The van der Waals surface area contributed by atoms with E-state index in [1.165, 1.54) is 128 Å². The first-order valence-electron chi connectivity index (χ1n) is 12.9. The number of aliphatic hydroxyl groups excluding tert-OH is 1. The third-order valence-corrected chi connectivity index (χ3v) is 6.17. The quantitative estimate of drug-likeness (QED) is 0.185. The number of unbranched alkanes of at least 4 members (excludes halogenated alkanes) is 15. The first-order chi connectivity index (χ1) is 13.2. The molecule has 2 atom stereocenters. The maximum atomic E-state index is 9.64. The molecule has 0 bridgehead atoms. The zero-order valence-electron chi connectivity index (χ0n) is 19.5. The molecule has 1 nitrogen and oxygen atoms in total. The summed E-state index contributed by atoms with van der Waals surface area (Å²) in [7, 11) is 0. The lowest BCUT2D eigenvalue weighted by Gasteiger charge is -2.18. The van der Waals surface area contributed by atoms with Gasteiger partial charge in [-0.05, 0) is 25.7 Å². The van der Waals surface area contributed by atoms with Crippen molar-refractivity contribution < 1.29 is 5.11 Å². The summed E-state index contributed by atoms with van der Waals surface area (Å²) in [5, 5.41) is 9.64. The van der Waals surface area contributed by atoms with Crippen LogP contribution in [-0.2, 0) is 0 Å². The van der Waals surface area contributed by atoms with E-state index in [1.54, 1.807) is 0 Å². The van der Waals surface area contributed by atoms with Gasteiger partial charge in [-0.1, -0.05) is 136 Å². The Labute approximate surface area is 173 Å². The SMILES string of the molecule is CCCCCCCCCCCCC(CCCCCCCCC)CCC(C)O. The van der Waals surface area contributed by atoms with E-state index < -0.39 is 0 Å². The minimum absolute atomic E-state index is 0.116. The number of aliphatic hydroxyl groups is 1. The number of hydrogen-bond donors (Lipinski definition) is 1. The van der Waals surface area contributed by atoms with E-state index in [2.05, 4.69) is 13.8 Å². The third-order valence-electron chi connectivity index (χ3n) is 6.17. The van der Waals surface area contributed by atoms with Gasteiger partial charge in [0.2, 0.25) is 0 Å². The molecule has 0 spiro atoms. The molecule has 0 saturated carbocycles. The molecule has 1 heteroatoms. The predicted molar refractivity (Wildman–Crippen MR) is 123 cm³/mol. The van der Waals surface area contributed by atoms with Gasteiger partial charge in [0.25, 0.3) is 0 Å². The van der Waals surface area contributed by atoms with Gasteiger partial charge in [0, 0.05) is 0 Å². The van der Waals surface area contributed by atoms with Gasteiger partial charge in [-0.3, -0.25) is 0 Å². The molecule has 0 fully saturated rings. The minimum Gasteiger partial charge on any atom is -0.393 e. The fourth-order valence-electron chi connectivity index (χ4n) is 4.22. The fraction of sp³-hybridized carbons (Fsp3) is 1.00. The maximum Gasteiger partial charge on any atom is 0.0512 e. The largest absolute Gasteiger partial charge is 0.393 e. The minimum atomic E-state index is -0.116. The van der Waals surface area contributed by atoms with Crippen molar-refractivity contribution in [1.29, 1.82) is 0 Å². The van der Waals surface area contributed by atoms with Gasteiger partial charge in [-0.15, -0.1) is 0 Å². The lowest BCUT2D eigenvalue weighted by molar-refractivity contribution is 0.169. The van der Waals surface area contributed by atoms with Gasteiger partial charge in [-0.25, -0.2) is 0 Å². The van der Waals surface area contributed by atoms with E-state index in [4.69, 9.17) is 0 Å². The van der Waals surface area contributed by atoms with Crippen LogP contribution in [0.4, 0.5) is 0 Å². The average molecular weight is 383 g/mol. The maximum absolute atomic E-state index is 9.64. The molecule has 164 valence electrons. The Bertz CT molecular complexity index is 261. The van der Waals surface area contributed by atoms with Crippen molar-refractivity contribution in [3.8, 4) is 0 Å². The molecule has 0 aliphatic carbocycles. The second-order valence-electron chi connectivity index (χ2n) is 9.17. The highest BCUT2D eigenvalue weighted by atomic mass is 16.3. The van der Waals surface area contributed by atoms with Gasteiger partial charge >= 0.3 is 0 Å². The van der Waals surface area contributed by atoms with E-state index in [1.807, 2.05) is 6.92 Å². The summed E-state index contributed by atoms with van der Waals surface area (Å²) in [5.74, 6) is 0.865. The summed E-state index contributed by atoms with van der Waals surface area (Å²) in [6.07, 6.45) is 29.1. The Morgan fingerprint density at radius 2 is 0.778 bits per heavy atom. The van der Waals surface area contributed by atoms with Crippen LogP contribution < -0.4 is 0 Å². The van der Waals surface area contributed by atoms with Crippen LogP contribution >= 0.6 is 0 Å². The normalized spacial score (nSPS) is 13.8. The summed E-state index contributed by atoms with van der Waals surface area (Å²) in [5.41, 5.74) is 0. The Hall–Kier alpha value is -0.0400. The highest BCUT2D eigenvalue weighted by Gasteiger charge is 2.10. The van der Waals surface area contributed by atoms with Crippen molar-refractivity contribution in [3.63, 3.8) is 0 Å². The van der Waals surface area contributed by atoms with Crippen LogP contribution in [0.3, 0.4) is 0 Å². The molecule has 2 unspecified atom stereocenters. The summed E-state index contributed by atoms with van der Waals surface area (Å²) >= 11 is 0. The molecule has 0 amide bonds. The first-order valence-corrected chi connectivity index (χ1v) is 12.9. The molecule has 0 aromatic heterocycles. The van der Waals surface area contributed by atoms with Crippen LogP contribution in [0.2, 0.25) is 0 Å². The van der Waals surface area contributed by atoms with Crippen molar-refractivity contribution in [2.45, 2.75) is 162 Å². The molecule has 0 aromatic carbocycles. The Balaban J connectivity index is 3.64.